The molecule has 1 atom stereocenters. The maximum atomic E-state index is 12.0. The molecule has 0 aliphatic heterocycles. The summed E-state index contributed by atoms with van der Waals surface area (Å²) in [4.78, 5) is 24.9. The van der Waals surface area contributed by atoms with Crippen LogP contribution in [0.2, 0.25) is 0 Å². The summed E-state index contributed by atoms with van der Waals surface area (Å²) in [5.41, 5.74) is 7.20. The van der Waals surface area contributed by atoms with Crippen LogP contribution in [0.1, 0.15) is 12.5 Å². The number of carbonyl (C=O) groups excluding carboxylic acids is 2. The lowest BCUT2D eigenvalue weighted by Crippen LogP contribution is -2.39. The zero-order chi connectivity index (χ0) is 15.1. The minimum Gasteiger partial charge on any atom is -0.359 e. The second kappa shape index (κ2) is 7.49. The van der Waals surface area contributed by atoms with Crippen molar-refractivity contribution in [2.24, 2.45) is 11.7 Å². The largest absolute Gasteiger partial charge is 0.359 e. The van der Waals surface area contributed by atoms with Crippen LogP contribution in [0, 0.1) is 5.92 Å². The molecule has 0 heterocycles. The molecule has 1 rings (SSSR count). The van der Waals surface area contributed by atoms with E-state index in [9.17, 15) is 9.59 Å². The standard InChI is InChI=1S/C14H22N4O2/c1-10(13(19)16-2)9-18(3)14(20)17-12-6-4-5-11(7-12)8-15/h4-7,10H,8-9,15H2,1-3H3,(H,16,19)(H,17,20). The average molecular weight is 278 g/mol. The molecule has 0 aliphatic rings. The van der Waals surface area contributed by atoms with Crippen LogP contribution in [-0.2, 0) is 11.3 Å². The van der Waals surface area contributed by atoms with Gasteiger partial charge in [-0.15, -0.1) is 0 Å². The summed E-state index contributed by atoms with van der Waals surface area (Å²) in [5, 5.41) is 5.34. The molecule has 1 unspecified atom stereocenters. The Hall–Kier alpha value is -2.08. The van der Waals surface area contributed by atoms with Crippen LogP contribution in [0.3, 0.4) is 0 Å². The van der Waals surface area contributed by atoms with Gasteiger partial charge in [0, 0.05) is 32.9 Å². The van der Waals surface area contributed by atoms with E-state index in [-0.39, 0.29) is 17.9 Å². The van der Waals surface area contributed by atoms with E-state index >= 15 is 0 Å². The minimum atomic E-state index is -0.258. The van der Waals surface area contributed by atoms with Crippen LogP contribution in [-0.4, -0.2) is 37.5 Å². The Bertz CT molecular complexity index is 476. The fraction of sp³-hybridized carbons (Fsp3) is 0.429. The number of anilines is 1. The van der Waals surface area contributed by atoms with Gasteiger partial charge < -0.3 is 21.3 Å². The van der Waals surface area contributed by atoms with Crippen LogP contribution < -0.4 is 16.4 Å². The minimum absolute atomic E-state index is 0.0882. The number of benzene rings is 1. The monoisotopic (exact) mass is 278 g/mol. The third kappa shape index (κ3) is 4.55. The van der Waals surface area contributed by atoms with E-state index in [4.69, 9.17) is 5.73 Å². The number of nitrogens with one attached hydrogen (secondary N) is 2. The zero-order valence-corrected chi connectivity index (χ0v) is 12.1. The molecule has 6 nitrogen and oxygen atoms in total. The van der Waals surface area contributed by atoms with Crippen LogP contribution in [0.25, 0.3) is 0 Å². The van der Waals surface area contributed by atoms with Crippen LogP contribution >= 0.6 is 0 Å². The Morgan fingerprint density at radius 3 is 2.70 bits per heavy atom. The molecule has 0 saturated heterocycles. The Morgan fingerprint density at radius 2 is 2.10 bits per heavy atom. The molecule has 0 aromatic heterocycles. The van der Waals surface area contributed by atoms with E-state index in [0.717, 1.165) is 5.56 Å². The first-order valence-corrected chi connectivity index (χ1v) is 6.50. The highest BCUT2D eigenvalue weighted by molar-refractivity contribution is 5.89. The van der Waals surface area contributed by atoms with Crippen molar-refractivity contribution in [1.82, 2.24) is 10.2 Å². The SMILES string of the molecule is CNC(=O)C(C)CN(C)C(=O)Nc1cccc(CN)c1. The first-order chi connectivity index (χ1) is 9.47. The lowest BCUT2D eigenvalue weighted by atomic mass is 10.1. The smallest absolute Gasteiger partial charge is 0.321 e. The molecule has 1 aromatic carbocycles. The second-order valence-electron chi connectivity index (χ2n) is 4.73. The lowest BCUT2D eigenvalue weighted by molar-refractivity contribution is -0.124. The van der Waals surface area contributed by atoms with Crippen molar-refractivity contribution in [3.8, 4) is 0 Å². The summed E-state index contributed by atoms with van der Waals surface area (Å²) in [6.45, 7) is 2.55. The van der Waals surface area contributed by atoms with Gasteiger partial charge in [0.05, 0.1) is 5.92 Å². The quantitative estimate of drug-likeness (QED) is 0.750. The highest BCUT2D eigenvalue weighted by Crippen LogP contribution is 2.11. The number of rotatable bonds is 5. The Labute approximate surface area is 119 Å². The van der Waals surface area contributed by atoms with Gasteiger partial charge in [-0.2, -0.15) is 0 Å². The van der Waals surface area contributed by atoms with Crippen molar-refractivity contribution in [2.75, 3.05) is 26.0 Å². The Kier molecular flexibility index (Phi) is 5.99. The van der Waals surface area contributed by atoms with E-state index in [2.05, 4.69) is 10.6 Å². The maximum Gasteiger partial charge on any atom is 0.321 e. The normalized spacial score (nSPS) is 11.6. The van der Waals surface area contributed by atoms with Gasteiger partial charge in [-0.25, -0.2) is 4.79 Å². The summed E-state index contributed by atoms with van der Waals surface area (Å²) in [7, 11) is 3.23. The molecule has 3 amide bonds. The molecule has 0 bridgehead atoms. The molecule has 0 saturated carbocycles. The molecule has 4 N–H and O–H groups in total. The van der Waals surface area contributed by atoms with Gasteiger partial charge >= 0.3 is 6.03 Å². The van der Waals surface area contributed by atoms with E-state index in [1.807, 2.05) is 18.2 Å². The summed E-state index contributed by atoms with van der Waals surface area (Å²) in [6, 6.07) is 7.11. The van der Waals surface area contributed by atoms with E-state index < -0.39 is 0 Å². The molecule has 0 fully saturated rings. The van der Waals surface area contributed by atoms with Crippen LogP contribution in [0.5, 0.6) is 0 Å². The number of hydrogen-bond donors (Lipinski definition) is 3. The molecule has 0 spiro atoms. The Balaban J connectivity index is 2.59. The molecule has 0 radical (unpaired) electrons. The van der Waals surface area contributed by atoms with E-state index in [1.165, 1.54) is 4.90 Å². The van der Waals surface area contributed by atoms with Crippen LogP contribution in [0.15, 0.2) is 24.3 Å². The van der Waals surface area contributed by atoms with Crippen molar-refractivity contribution in [3.05, 3.63) is 29.8 Å². The summed E-state index contributed by atoms with van der Waals surface area (Å²) < 4.78 is 0. The van der Waals surface area contributed by atoms with Gasteiger partial charge in [0.25, 0.3) is 0 Å². The molecular formula is C14H22N4O2. The highest BCUT2D eigenvalue weighted by atomic mass is 16.2. The number of urea groups is 1. The molecule has 110 valence electrons. The number of carbonyl (C=O) groups is 2. The van der Waals surface area contributed by atoms with Crippen molar-refractivity contribution < 1.29 is 9.59 Å². The molecular weight excluding hydrogens is 256 g/mol. The zero-order valence-electron chi connectivity index (χ0n) is 12.1. The second-order valence-corrected chi connectivity index (χ2v) is 4.73. The topological polar surface area (TPSA) is 87.5 Å². The summed E-state index contributed by atoms with van der Waals surface area (Å²) in [5.74, 6) is -0.346. The molecule has 20 heavy (non-hydrogen) atoms. The molecule has 1 aromatic rings. The number of hydrogen-bond acceptors (Lipinski definition) is 3. The molecule has 6 heteroatoms. The number of nitrogens with two attached hydrogens (primary N) is 1. The predicted octanol–water partition coefficient (Wildman–Crippen LogP) is 0.991. The Morgan fingerprint density at radius 1 is 1.40 bits per heavy atom. The fourth-order valence-corrected chi connectivity index (χ4v) is 1.82. The number of nitrogens with zero attached hydrogens (tertiary/aromatic N) is 1. The number of amides is 3. The fourth-order valence-electron chi connectivity index (χ4n) is 1.82. The van der Waals surface area contributed by atoms with Gasteiger partial charge in [0.15, 0.2) is 0 Å². The summed E-state index contributed by atoms with van der Waals surface area (Å²) in [6.07, 6.45) is 0. The van der Waals surface area contributed by atoms with Crippen molar-refractivity contribution in [2.45, 2.75) is 13.5 Å². The predicted molar refractivity (Wildman–Crippen MR) is 79.2 cm³/mol. The van der Waals surface area contributed by atoms with Crippen LogP contribution in [0.4, 0.5) is 10.5 Å². The lowest BCUT2D eigenvalue weighted by Gasteiger charge is -2.21. The van der Waals surface area contributed by atoms with Crippen molar-refractivity contribution >= 4 is 17.6 Å². The van der Waals surface area contributed by atoms with E-state index in [0.29, 0.717) is 18.8 Å². The average Bonchev–Trinajstić information content (AvgIpc) is 2.46. The third-order valence-electron chi connectivity index (χ3n) is 3.00. The van der Waals surface area contributed by atoms with Gasteiger partial charge in [-0.1, -0.05) is 19.1 Å². The maximum absolute atomic E-state index is 12.0. The van der Waals surface area contributed by atoms with Crippen molar-refractivity contribution in [1.29, 1.82) is 0 Å². The van der Waals surface area contributed by atoms with Gasteiger partial charge in [0.1, 0.15) is 0 Å². The summed E-state index contributed by atoms with van der Waals surface area (Å²) >= 11 is 0. The van der Waals surface area contributed by atoms with Gasteiger partial charge in [-0.05, 0) is 17.7 Å². The highest BCUT2D eigenvalue weighted by Gasteiger charge is 2.17. The molecule has 0 aliphatic carbocycles. The van der Waals surface area contributed by atoms with Gasteiger partial charge in [-0.3, -0.25) is 4.79 Å². The third-order valence-corrected chi connectivity index (χ3v) is 3.00. The first-order valence-electron chi connectivity index (χ1n) is 6.50. The van der Waals surface area contributed by atoms with Gasteiger partial charge in [0.2, 0.25) is 5.91 Å². The van der Waals surface area contributed by atoms with Crippen molar-refractivity contribution in [3.63, 3.8) is 0 Å². The first kappa shape index (κ1) is 16.0. The van der Waals surface area contributed by atoms with E-state index in [1.54, 1.807) is 27.1 Å².